The lowest BCUT2D eigenvalue weighted by Crippen LogP contribution is -2.24. The van der Waals surface area contributed by atoms with Gasteiger partial charge in [0, 0.05) is 22.8 Å². The Morgan fingerprint density at radius 2 is 1.50 bits per heavy atom. The zero-order valence-electron chi connectivity index (χ0n) is 16.7. The van der Waals surface area contributed by atoms with Crippen LogP contribution in [0.1, 0.15) is 27.7 Å². The van der Waals surface area contributed by atoms with Gasteiger partial charge in [-0.05, 0) is 12.1 Å². The number of hydrogen-bond donors (Lipinski definition) is 2. The van der Waals surface area contributed by atoms with E-state index in [1.165, 1.54) is 0 Å². The topological polar surface area (TPSA) is 68.8 Å². The van der Waals surface area contributed by atoms with Gasteiger partial charge in [0.1, 0.15) is 17.2 Å². The highest BCUT2D eigenvalue weighted by Gasteiger charge is 2.28. The van der Waals surface area contributed by atoms with Crippen LogP contribution in [0.2, 0.25) is 0 Å². The highest BCUT2D eigenvalue weighted by atomic mass is 16.5. The van der Waals surface area contributed by atoms with Crippen LogP contribution in [0.4, 0.5) is 0 Å². The molecule has 0 saturated heterocycles. The van der Waals surface area contributed by atoms with Crippen LogP contribution >= 0.6 is 0 Å². The molecule has 3 aromatic rings. The third kappa shape index (κ3) is 4.07. The zero-order valence-corrected chi connectivity index (χ0v) is 16.7. The van der Waals surface area contributed by atoms with Crippen LogP contribution in [0.5, 0.6) is 11.5 Å². The number of methoxy groups -OCH3 is 2. The Hall–Kier alpha value is -3.93. The molecule has 1 heterocycles. The van der Waals surface area contributed by atoms with Gasteiger partial charge in [-0.15, -0.1) is 0 Å². The van der Waals surface area contributed by atoms with Gasteiger partial charge in [0.15, 0.2) is 6.23 Å². The van der Waals surface area contributed by atoms with Crippen molar-refractivity contribution in [1.29, 1.82) is 0 Å². The van der Waals surface area contributed by atoms with Crippen molar-refractivity contribution in [2.45, 2.75) is 6.23 Å². The molecular weight excluding hydrogens is 380 g/mol. The number of rotatable bonds is 6. The van der Waals surface area contributed by atoms with E-state index in [2.05, 4.69) is 10.6 Å². The average Bonchev–Trinajstić information content (AvgIpc) is 3.23. The van der Waals surface area contributed by atoms with Gasteiger partial charge < -0.3 is 19.5 Å². The summed E-state index contributed by atoms with van der Waals surface area (Å²) < 4.78 is 16.6. The third-order valence-electron chi connectivity index (χ3n) is 4.74. The molecule has 6 nitrogen and oxygen atoms in total. The van der Waals surface area contributed by atoms with Crippen LogP contribution in [0.3, 0.4) is 0 Å². The van der Waals surface area contributed by atoms with Gasteiger partial charge in [-0.2, -0.15) is 0 Å². The number of hydrogen-bond acceptors (Lipinski definition) is 5. The molecule has 1 unspecified atom stereocenters. The summed E-state index contributed by atoms with van der Waals surface area (Å²) in [6.45, 7) is 0. The second kappa shape index (κ2) is 8.61. The Kier molecular flexibility index (Phi) is 5.57. The van der Waals surface area contributed by atoms with Crippen molar-refractivity contribution >= 4 is 11.6 Å². The van der Waals surface area contributed by atoms with Gasteiger partial charge >= 0.3 is 0 Å². The SMILES string of the molecule is COc1cc(OC)cc(C(=O)NC2=C(c3ccccc3)NC(c3ccccc3)O2)c1. The van der Waals surface area contributed by atoms with Gasteiger partial charge in [0.25, 0.3) is 5.91 Å². The van der Waals surface area contributed by atoms with E-state index in [1.807, 2.05) is 60.7 Å². The lowest BCUT2D eigenvalue weighted by molar-refractivity contribution is 0.0850. The smallest absolute Gasteiger partial charge is 0.258 e. The number of carbonyl (C=O) groups excluding carboxylic acids is 1. The number of benzene rings is 3. The lowest BCUT2D eigenvalue weighted by Gasteiger charge is -2.14. The maximum absolute atomic E-state index is 13.0. The minimum Gasteiger partial charge on any atom is -0.497 e. The second-order valence-corrected chi connectivity index (χ2v) is 6.68. The highest BCUT2D eigenvalue weighted by molar-refractivity contribution is 5.97. The average molecular weight is 402 g/mol. The molecule has 0 bridgehead atoms. The first-order chi connectivity index (χ1) is 14.7. The lowest BCUT2D eigenvalue weighted by atomic mass is 10.1. The Balaban J connectivity index is 1.64. The number of amides is 1. The van der Waals surface area contributed by atoms with Crippen molar-refractivity contribution < 1.29 is 19.0 Å². The molecule has 3 aromatic carbocycles. The molecule has 1 amide bonds. The molecular formula is C24H22N2O4. The summed E-state index contributed by atoms with van der Waals surface area (Å²) in [6.07, 6.45) is -0.406. The summed E-state index contributed by atoms with van der Waals surface area (Å²) in [5, 5.41) is 6.26. The molecule has 1 aliphatic rings. The van der Waals surface area contributed by atoms with Crippen LogP contribution in [0.15, 0.2) is 84.7 Å². The minimum atomic E-state index is -0.406. The molecule has 0 spiro atoms. The molecule has 1 atom stereocenters. The molecule has 30 heavy (non-hydrogen) atoms. The highest BCUT2D eigenvalue weighted by Crippen LogP contribution is 2.31. The largest absolute Gasteiger partial charge is 0.497 e. The fraction of sp³-hybridized carbons (Fsp3) is 0.125. The molecule has 6 heteroatoms. The van der Waals surface area contributed by atoms with Crippen molar-refractivity contribution in [3.8, 4) is 11.5 Å². The van der Waals surface area contributed by atoms with E-state index in [9.17, 15) is 4.79 Å². The van der Waals surface area contributed by atoms with Crippen molar-refractivity contribution in [3.05, 3.63) is 101 Å². The molecule has 1 aliphatic heterocycles. The Bertz CT molecular complexity index is 1040. The molecule has 0 aliphatic carbocycles. The molecule has 0 radical (unpaired) electrons. The summed E-state index contributed by atoms with van der Waals surface area (Å²) in [5.41, 5.74) is 2.98. The van der Waals surface area contributed by atoms with Gasteiger partial charge in [-0.1, -0.05) is 60.7 Å². The molecule has 4 rings (SSSR count). The maximum atomic E-state index is 13.0. The van der Waals surface area contributed by atoms with Crippen LogP contribution in [-0.2, 0) is 4.74 Å². The summed E-state index contributed by atoms with van der Waals surface area (Å²) in [5.74, 6) is 1.10. The van der Waals surface area contributed by atoms with Gasteiger partial charge in [0.2, 0.25) is 5.88 Å². The standard InChI is InChI=1S/C24H22N2O4/c1-28-19-13-18(14-20(15-19)29-2)22(27)26-24-21(16-9-5-3-6-10-16)25-23(30-24)17-11-7-4-8-12-17/h3-15,23,25H,1-2H3,(H,26,27). The Morgan fingerprint density at radius 1 is 0.900 bits per heavy atom. The van der Waals surface area contributed by atoms with E-state index in [0.29, 0.717) is 28.6 Å². The molecule has 152 valence electrons. The predicted molar refractivity (Wildman–Crippen MR) is 114 cm³/mol. The van der Waals surface area contributed by atoms with Crippen molar-refractivity contribution in [1.82, 2.24) is 10.6 Å². The van der Waals surface area contributed by atoms with E-state index in [0.717, 1.165) is 11.1 Å². The quantitative estimate of drug-likeness (QED) is 0.650. The summed E-state index contributed by atoms with van der Waals surface area (Å²) in [4.78, 5) is 13.0. The number of nitrogens with one attached hydrogen (secondary N) is 2. The van der Waals surface area contributed by atoms with Crippen LogP contribution in [0, 0.1) is 0 Å². The second-order valence-electron chi connectivity index (χ2n) is 6.68. The fourth-order valence-corrected chi connectivity index (χ4v) is 3.21. The third-order valence-corrected chi connectivity index (χ3v) is 4.74. The first kappa shape index (κ1) is 19.4. The van der Waals surface area contributed by atoms with Crippen molar-refractivity contribution in [3.63, 3.8) is 0 Å². The van der Waals surface area contributed by atoms with Gasteiger partial charge in [0.05, 0.1) is 14.2 Å². The van der Waals surface area contributed by atoms with Crippen LogP contribution < -0.4 is 20.1 Å². The first-order valence-electron chi connectivity index (χ1n) is 9.50. The molecule has 0 fully saturated rings. The molecule has 0 saturated carbocycles. The van der Waals surface area contributed by atoms with E-state index < -0.39 is 6.23 Å². The van der Waals surface area contributed by atoms with Gasteiger partial charge in [-0.25, -0.2) is 0 Å². The van der Waals surface area contributed by atoms with E-state index in [1.54, 1.807) is 32.4 Å². The van der Waals surface area contributed by atoms with E-state index in [-0.39, 0.29) is 5.91 Å². The normalized spacial score (nSPS) is 15.2. The van der Waals surface area contributed by atoms with Crippen LogP contribution in [-0.4, -0.2) is 20.1 Å². The van der Waals surface area contributed by atoms with Gasteiger partial charge in [-0.3, -0.25) is 10.1 Å². The monoisotopic (exact) mass is 402 g/mol. The summed E-state index contributed by atoms with van der Waals surface area (Å²) in [6, 6.07) is 24.5. The van der Waals surface area contributed by atoms with Crippen molar-refractivity contribution in [2.75, 3.05) is 14.2 Å². The predicted octanol–water partition coefficient (Wildman–Crippen LogP) is 4.08. The fourth-order valence-electron chi connectivity index (χ4n) is 3.21. The number of carbonyl (C=O) groups is 1. The zero-order chi connectivity index (χ0) is 20.9. The van der Waals surface area contributed by atoms with E-state index >= 15 is 0 Å². The Labute approximate surface area is 175 Å². The minimum absolute atomic E-state index is 0.328. The van der Waals surface area contributed by atoms with Crippen molar-refractivity contribution in [2.24, 2.45) is 0 Å². The maximum Gasteiger partial charge on any atom is 0.258 e. The van der Waals surface area contributed by atoms with E-state index in [4.69, 9.17) is 14.2 Å². The number of ether oxygens (including phenoxy) is 3. The molecule has 0 aromatic heterocycles. The summed E-state index contributed by atoms with van der Waals surface area (Å²) >= 11 is 0. The van der Waals surface area contributed by atoms with Crippen LogP contribution in [0.25, 0.3) is 5.70 Å². The summed E-state index contributed by atoms with van der Waals surface area (Å²) in [7, 11) is 3.09. The molecule has 2 N–H and O–H groups in total. The Morgan fingerprint density at radius 3 is 2.10 bits per heavy atom. The first-order valence-corrected chi connectivity index (χ1v) is 9.50.